The molecule has 1 fully saturated rings. The number of rotatable bonds is 5. The van der Waals surface area contributed by atoms with Crippen molar-refractivity contribution < 1.29 is 9.53 Å². The fourth-order valence-corrected chi connectivity index (χ4v) is 4.30. The van der Waals surface area contributed by atoms with E-state index in [0.717, 1.165) is 24.1 Å². The zero-order valence-electron chi connectivity index (χ0n) is 16.2. The Hall–Kier alpha value is -2.57. The smallest absolute Gasteiger partial charge is 0.255 e. The number of halogens is 1. The molecule has 1 aliphatic heterocycles. The highest BCUT2D eigenvalue weighted by molar-refractivity contribution is 7.80. The first-order valence-electron chi connectivity index (χ1n) is 9.50. The largest absolute Gasteiger partial charge is 0.495 e. The Labute approximate surface area is 180 Å². The van der Waals surface area contributed by atoms with Crippen LogP contribution in [-0.2, 0) is 4.79 Å². The van der Waals surface area contributed by atoms with Crippen molar-refractivity contribution in [3.05, 3.63) is 70.4 Å². The van der Waals surface area contributed by atoms with Gasteiger partial charge in [0.25, 0.3) is 5.91 Å². The molecule has 29 heavy (non-hydrogen) atoms. The average molecular weight is 428 g/mol. The molecule has 2 aromatic rings. The minimum absolute atomic E-state index is 0.197. The molecule has 7 heteroatoms. The van der Waals surface area contributed by atoms with Gasteiger partial charge in [0, 0.05) is 16.8 Å². The number of nitrogens with one attached hydrogen (secondary N) is 2. The molecule has 1 aliphatic carbocycles. The van der Waals surface area contributed by atoms with Crippen molar-refractivity contribution in [2.75, 3.05) is 12.4 Å². The second-order valence-electron chi connectivity index (χ2n) is 7.19. The molecule has 0 radical (unpaired) electrons. The van der Waals surface area contributed by atoms with Crippen LogP contribution in [0.2, 0.25) is 5.02 Å². The zero-order chi connectivity index (χ0) is 20.5. The van der Waals surface area contributed by atoms with Crippen molar-refractivity contribution >= 4 is 40.5 Å². The van der Waals surface area contributed by atoms with E-state index in [4.69, 9.17) is 28.6 Å². The van der Waals surface area contributed by atoms with E-state index < -0.39 is 0 Å². The van der Waals surface area contributed by atoms with Crippen molar-refractivity contribution in [3.8, 4) is 5.75 Å². The Kier molecular flexibility index (Phi) is 5.48. The van der Waals surface area contributed by atoms with Gasteiger partial charge in [-0.3, -0.25) is 4.79 Å². The second kappa shape index (κ2) is 8.05. The maximum Gasteiger partial charge on any atom is 0.255 e. The first-order chi connectivity index (χ1) is 14.0. The number of methoxy groups -OCH3 is 1. The summed E-state index contributed by atoms with van der Waals surface area (Å²) in [6.07, 6.45) is 2.14. The minimum atomic E-state index is -0.383. The van der Waals surface area contributed by atoms with Crippen molar-refractivity contribution in [1.29, 1.82) is 0 Å². The van der Waals surface area contributed by atoms with Gasteiger partial charge in [0.1, 0.15) is 5.75 Å². The third-order valence-electron chi connectivity index (χ3n) is 5.22. The van der Waals surface area contributed by atoms with E-state index in [9.17, 15) is 4.79 Å². The molecule has 150 valence electrons. The zero-order valence-corrected chi connectivity index (χ0v) is 17.8. The van der Waals surface area contributed by atoms with Gasteiger partial charge in [0.2, 0.25) is 0 Å². The van der Waals surface area contributed by atoms with Crippen LogP contribution in [0.3, 0.4) is 0 Å². The summed E-state index contributed by atoms with van der Waals surface area (Å²) in [5.74, 6) is 0.411. The van der Waals surface area contributed by atoms with Crippen molar-refractivity contribution in [3.63, 3.8) is 0 Å². The molecule has 1 heterocycles. The summed E-state index contributed by atoms with van der Waals surface area (Å²) < 4.78 is 5.38. The quantitative estimate of drug-likeness (QED) is 0.680. The predicted octanol–water partition coefficient (Wildman–Crippen LogP) is 4.65. The first kappa shape index (κ1) is 19.7. The third-order valence-corrected chi connectivity index (χ3v) is 5.77. The van der Waals surface area contributed by atoms with Gasteiger partial charge in [-0.1, -0.05) is 35.9 Å². The van der Waals surface area contributed by atoms with Crippen molar-refractivity contribution in [1.82, 2.24) is 10.2 Å². The van der Waals surface area contributed by atoms with Crippen LogP contribution in [-0.4, -0.2) is 29.1 Å². The van der Waals surface area contributed by atoms with Gasteiger partial charge in [-0.25, -0.2) is 0 Å². The number of ether oxygens (including phenoxy) is 1. The fourth-order valence-electron chi connectivity index (χ4n) is 3.70. The fraction of sp³-hybridized carbons (Fsp3) is 0.273. The molecule has 0 bridgehead atoms. The average Bonchev–Trinajstić information content (AvgIpc) is 3.53. The predicted molar refractivity (Wildman–Crippen MR) is 119 cm³/mol. The highest BCUT2D eigenvalue weighted by Gasteiger charge is 2.40. The lowest BCUT2D eigenvalue weighted by molar-refractivity contribution is -0.113. The minimum Gasteiger partial charge on any atom is -0.495 e. The highest BCUT2D eigenvalue weighted by atomic mass is 35.5. The van der Waals surface area contributed by atoms with Crippen LogP contribution >= 0.6 is 23.8 Å². The number of benzene rings is 2. The highest BCUT2D eigenvalue weighted by Crippen LogP contribution is 2.38. The molecule has 2 N–H and O–H groups in total. The number of carbonyl (C=O) groups is 1. The molecule has 0 spiro atoms. The lowest BCUT2D eigenvalue weighted by Gasteiger charge is -2.38. The van der Waals surface area contributed by atoms with Crippen LogP contribution in [0, 0.1) is 0 Å². The van der Waals surface area contributed by atoms with E-state index in [2.05, 4.69) is 15.5 Å². The van der Waals surface area contributed by atoms with Gasteiger partial charge in [-0.05, 0) is 61.8 Å². The van der Waals surface area contributed by atoms with Crippen molar-refractivity contribution in [2.24, 2.45) is 0 Å². The number of thiocarbonyl (C=S) groups is 1. The second-order valence-corrected chi connectivity index (χ2v) is 8.02. The van der Waals surface area contributed by atoms with Crippen LogP contribution in [0.1, 0.15) is 31.4 Å². The van der Waals surface area contributed by atoms with Crippen LogP contribution in [0.25, 0.3) is 0 Å². The lowest BCUT2D eigenvalue weighted by Crippen LogP contribution is -2.49. The molecule has 0 aromatic heterocycles. The molecule has 0 unspecified atom stereocenters. The Bertz CT molecular complexity index is 1000. The number of para-hydroxylation sites is 2. The molecule has 0 saturated heterocycles. The number of allylic oxidation sites excluding steroid dienone is 1. The van der Waals surface area contributed by atoms with Gasteiger partial charge < -0.3 is 20.3 Å². The number of amides is 1. The Morgan fingerprint density at radius 2 is 2.00 bits per heavy atom. The topological polar surface area (TPSA) is 53.6 Å². The molecular weight excluding hydrogens is 406 g/mol. The van der Waals surface area contributed by atoms with Crippen LogP contribution in [0.15, 0.2) is 59.8 Å². The van der Waals surface area contributed by atoms with E-state index in [1.807, 2.05) is 55.5 Å². The molecule has 1 amide bonds. The standard InChI is InChI=1S/C22H22ClN3O2S/c1-13-19(21(27)24-17-8-3-4-9-18(17)28-2)20(14-6-5-7-15(23)12-14)25-22(29)26(13)16-10-11-16/h3-9,12,16,20H,10-11H2,1-2H3,(H,24,27)(H,25,29)/t20-/m1/s1. The van der Waals surface area contributed by atoms with E-state index in [1.54, 1.807) is 7.11 Å². The van der Waals surface area contributed by atoms with E-state index in [0.29, 0.717) is 33.2 Å². The Morgan fingerprint density at radius 1 is 1.24 bits per heavy atom. The van der Waals surface area contributed by atoms with E-state index in [-0.39, 0.29) is 11.9 Å². The molecule has 2 aliphatic rings. The summed E-state index contributed by atoms with van der Waals surface area (Å²) in [6, 6.07) is 14.8. The summed E-state index contributed by atoms with van der Waals surface area (Å²) in [6.45, 7) is 1.96. The van der Waals surface area contributed by atoms with Crippen LogP contribution in [0.5, 0.6) is 5.75 Å². The van der Waals surface area contributed by atoms with Gasteiger partial charge in [0.15, 0.2) is 5.11 Å². The van der Waals surface area contributed by atoms with Gasteiger partial charge in [-0.2, -0.15) is 0 Å². The molecule has 5 nitrogen and oxygen atoms in total. The monoisotopic (exact) mass is 427 g/mol. The molecule has 1 atom stereocenters. The van der Waals surface area contributed by atoms with Crippen molar-refractivity contribution in [2.45, 2.75) is 31.8 Å². The summed E-state index contributed by atoms with van der Waals surface area (Å²) in [5.41, 5.74) is 3.00. The number of nitrogens with zero attached hydrogens (tertiary/aromatic N) is 1. The number of carbonyl (C=O) groups excluding carboxylic acids is 1. The van der Waals surface area contributed by atoms with E-state index in [1.165, 1.54) is 0 Å². The summed E-state index contributed by atoms with van der Waals surface area (Å²) in [4.78, 5) is 15.5. The van der Waals surface area contributed by atoms with Gasteiger partial charge >= 0.3 is 0 Å². The maximum absolute atomic E-state index is 13.4. The number of anilines is 1. The maximum atomic E-state index is 13.4. The number of hydrogen-bond donors (Lipinski definition) is 2. The SMILES string of the molecule is COc1ccccc1NC(=O)C1=C(C)N(C2CC2)C(=S)N[C@@H]1c1cccc(Cl)c1. The molecule has 4 rings (SSSR count). The first-order valence-corrected chi connectivity index (χ1v) is 10.3. The Balaban J connectivity index is 1.75. The molecular formula is C22H22ClN3O2S. The van der Waals surface area contributed by atoms with E-state index >= 15 is 0 Å². The lowest BCUT2D eigenvalue weighted by atomic mass is 9.94. The molecule has 2 aromatic carbocycles. The van der Waals surface area contributed by atoms with Gasteiger partial charge in [-0.15, -0.1) is 0 Å². The third kappa shape index (κ3) is 3.95. The summed E-state index contributed by atoms with van der Waals surface area (Å²) >= 11 is 11.9. The molecule has 1 saturated carbocycles. The Morgan fingerprint density at radius 3 is 2.69 bits per heavy atom. The van der Waals surface area contributed by atoms with Crippen LogP contribution in [0.4, 0.5) is 5.69 Å². The normalized spacial score (nSPS) is 19.1. The number of hydrogen-bond acceptors (Lipinski definition) is 3. The van der Waals surface area contributed by atoms with Crippen LogP contribution < -0.4 is 15.4 Å². The van der Waals surface area contributed by atoms with Gasteiger partial charge in [0.05, 0.1) is 24.4 Å². The summed E-state index contributed by atoms with van der Waals surface area (Å²) in [7, 11) is 1.58. The summed E-state index contributed by atoms with van der Waals surface area (Å²) in [5, 5.41) is 7.62.